The van der Waals surface area contributed by atoms with E-state index < -0.39 is 0 Å². The van der Waals surface area contributed by atoms with Crippen LogP contribution in [0.25, 0.3) is 22.3 Å². The molecule has 4 aromatic rings. The van der Waals surface area contributed by atoms with Gasteiger partial charge in [-0.25, -0.2) is 4.98 Å². The monoisotopic (exact) mass is 348 g/mol. The predicted octanol–water partition coefficient (Wildman–Crippen LogP) is 3.63. The quantitative estimate of drug-likeness (QED) is 0.613. The SMILES string of the molecule is Cn1ncc2c(C(=O)NCc3cccs3)cc(-c3ccccc3)nc21. The molecule has 5 nitrogen and oxygen atoms in total. The van der Waals surface area contributed by atoms with E-state index >= 15 is 0 Å². The molecule has 3 heterocycles. The first-order valence-electron chi connectivity index (χ1n) is 7.91. The summed E-state index contributed by atoms with van der Waals surface area (Å²) in [6.45, 7) is 0.515. The van der Waals surface area contributed by atoms with Gasteiger partial charge in [0, 0.05) is 17.5 Å². The van der Waals surface area contributed by atoms with Crippen molar-refractivity contribution in [2.24, 2.45) is 7.05 Å². The van der Waals surface area contributed by atoms with E-state index in [2.05, 4.69) is 15.4 Å². The van der Waals surface area contributed by atoms with Gasteiger partial charge in [0.2, 0.25) is 0 Å². The normalized spacial score (nSPS) is 10.9. The van der Waals surface area contributed by atoms with Crippen molar-refractivity contribution in [2.75, 3.05) is 0 Å². The third kappa shape index (κ3) is 3.04. The van der Waals surface area contributed by atoms with Gasteiger partial charge in [-0.1, -0.05) is 36.4 Å². The van der Waals surface area contributed by atoms with Crippen molar-refractivity contribution >= 4 is 28.3 Å². The Morgan fingerprint density at radius 3 is 2.80 bits per heavy atom. The zero-order valence-electron chi connectivity index (χ0n) is 13.6. The average Bonchev–Trinajstić information content (AvgIpc) is 3.30. The topological polar surface area (TPSA) is 59.8 Å². The van der Waals surface area contributed by atoms with Crippen molar-refractivity contribution in [2.45, 2.75) is 6.54 Å². The highest BCUT2D eigenvalue weighted by Crippen LogP contribution is 2.24. The van der Waals surface area contributed by atoms with Crippen LogP contribution in [0.4, 0.5) is 0 Å². The number of nitrogens with zero attached hydrogens (tertiary/aromatic N) is 3. The van der Waals surface area contributed by atoms with Crippen LogP contribution in [0.2, 0.25) is 0 Å². The summed E-state index contributed by atoms with van der Waals surface area (Å²) in [7, 11) is 1.83. The van der Waals surface area contributed by atoms with E-state index in [4.69, 9.17) is 0 Å². The summed E-state index contributed by atoms with van der Waals surface area (Å²) in [5.41, 5.74) is 3.02. The number of rotatable bonds is 4. The lowest BCUT2D eigenvalue weighted by Gasteiger charge is -2.08. The molecule has 0 aliphatic rings. The molecule has 1 N–H and O–H groups in total. The Morgan fingerprint density at radius 2 is 2.04 bits per heavy atom. The molecular formula is C19H16N4OS. The highest BCUT2D eigenvalue weighted by molar-refractivity contribution is 7.09. The molecule has 4 rings (SSSR count). The number of thiophene rings is 1. The lowest BCUT2D eigenvalue weighted by molar-refractivity contribution is 0.0953. The molecule has 0 saturated heterocycles. The summed E-state index contributed by atoms with van der Waals surface area (Å²) in [5, 5.41) is 10.0. The number of nitrogens with one attached hydrogen (secondary N) is 1. The van der Waals surface area contributed by atoms with Gasteiger partial charge in [0.25, 0.3) is 5.91 Å². The second-order valence-corrected chi connectivity index (χ2v) is 6.72. The predicted molar refractivity (Wildman–Crippen MR) is 99.4 cm³/mol. The summed E-state index contributed by atoms with van der Waals surface area (Å²) < 4.78 is 1.69. The van der Waals surface area contributed by atoms with E-state index in [1.165, 1.54) is 0 Å². The molecule has 0 radical (unpaired) electrons. The molecule has 0 bridgehead atoms. The number of fused-ring (bicyclic) bond motifs is 1. The molecule has 0 atom stereocenters. The van der Waals surface area contributed by atoms with Crippen molar-refractivity contribution in [3.63, 3.8) is 0 Å². The minimum Gasteiger partial charge on any atom is -0.347 e. The van der Waals surface area contributed by atoms with Crippen LogP contribution in [0.5, 0.6) is 0 Å². The first kappa shape index (κ1) is 15.5. The Morgan fingerprint density at radius 1 is 1.20 bits per heavy atom. The number of amides is 1. The number of carbonyl (C=O) groups is 1. The number of hydrogen-bond donors (Lipinski definition) is 1. The maximum Gasteiger partial charge on any atom is 0.252 e. The van der Waals surface area contributed by atoms with Gasteiger partial charge in [-0.15, -0.1) is 11.3 Å². The molecule has 0 fully saturated rings. The third-order valence-corrected chi connectivity index (χ3v) is 4.90. The van der Waals surface area contributed by atoms with Gasteiger partial charge in [-0.2, -0.15) is 5.10 Å². The Kier molecular flexibility index (Phi) is 4.03. The first-order valence-corrected chi connectivity index (χ1v) is 8.79. The molecule has 25 heavy (non-hydrogen) atoms. The standard InChI is InChI=1S/C19H16N4OS/c1-23-18-16(12-21-23)15(19(24)20-11-14-8-5-9-25-14)10-17(22-18)13-6-3-2-4-7-13/h2-10,12H,11H2,1H3,(H,20,24). The molecule has 3 aromatic heterocycles. The number of carbonyl (C=O) groups excluding carboxylic acids is 1. The van der Waals surface area contributed by atoms with Crippen molar-refractivity contribution in [1.29, 1.82) is 0 Å². The van der Waals surface area contributed by atoms with E-state index in [1.807, 2.05) is 61.0 Å². The molecule has 0 aliphatic heterocycles. The fourth-order valence-corrected chi connectivity index (χ4v) is 3.38. The molecule has 0 aliphatic carbocycles. The fourth-order valence-electron chi connectivity index (χ4n) is 2.73. The van der Waals surface area contributed by atoms with Crippen LogP contribution in [0.1, 0.15) is 15.2 Å². The molecule has 0 unspecified atom stereocenters. The summed E-state index contributed by atoms with van der Waals surface area (Å²) in [4.78, 5) is 18.6. The third-order valence-electron chi connectivity index (χ3n) is 4.02. The summed E-state index contributed by atoms with van der Waals surface area (Å²) in [6, 6.07) is 15.7. The van der Waals surface area contributed by atoms with Crippen molar-refractivity contribution in [3.05, 3.63) is 70.5 Å². The zero-order valence-corrected chi connectivity index (χ0v) is 14.5. The molecule has 0 saturated carbocycles. The Balaban J connectivity index is 1.75. The van der Waals surface area contributed by atoms with Gasteiger partial charge in [0.1, 0.15) is 0 Å². The summed E-state index contributed by atoms with van der Waals surface area (Å²) in [5.74, 6) is -0.119. The second kappa shape index (κ2) is 6.49. The van der Waals surface area contributed by atoms with Gasteiger partial charge < -0.3 is 5.32 Å². The van der Waals surface area contributed by atoms with Gasteiger partial charge >= 0.3 is 0 Å². The van der Waals surface area contributed by atoms with Crippen LogP contribution in [0.15, 0.2) is 60.1 Å². The van der Waals surface area contributed by atoms with Crippen LogP contribution in [-0.4, -0.2) is 20.7 Å². The first-order chi connectivity index (χ1) is 12.2. The molecule has 0 spiro atoms. The lowest BCUT2D eigenvalue weighted by atomic mass is 10.1. The Labute approximate surface area is 149 Å². The number of benzene rings is 1. The number of pyridine rings is 1. The maximum absolute atomic E-state index is 12.8. The van der Waals surface area contributed by atoms with Crippen LogP contribution < -0.4 is 5.32 Å². The van der Waals surface area contributed by atoms with Crippen LogP contribution in [0.3, 0.4) is 0 Å². The van der Waals surface area contributed by atoms with E-state index in [0.29, 0.717) is 17.8 Å². The number of aryl methyl sites for hydroxylation is 1. The summed E-state index contributed by atoms with van der Waals surface area (Å²) >= 11 is 1.62. The number of aromatic nitrogens is 3. The molecule has 1 amide bonds. The van der Waals surface area contributed by atoms with Crippen LogP contribution in [-0.2, 0) is 13.6 Å². The van der Waals surface area contributed by atoms with Crippen LogP contribution >= 0.6 is 11.3 Å². The minimum atomic E-state index is -0.119. The highest BCUT2D eigenvalue weighted by Gasteiger charge is 2.16. The van der Waals surface area contributed by atoms with Crippen molar-refractivity contribution in [3.8, 4) is 11.3 Å². The lowest BCUT2D eigenvalue weighted by Crippen LogP contribution is -2.22. The molecular weight excluding hydrogens is 332 g/mol. The highest BCUT2D eigenvalue weighted by atomic mass is 32.1. The maximum atomic E-state index is 12.8. The average molecular weight is 348 g/mol. The van der Waals surface area contributed by atoms with Gasteiger partial charge in [-0.05, 0) is 17.5 Å². The Bertz CT molecular complexity index is 1020. The summed E-state index contributed by atoms with van der Waals surface area (Å²) in [6.07, 6.45) is 1.69. The molecule has 124 valence electrons. The zero-order chi connectivity index (χ0) is 17.2. The van der Waals surface area contributed by atoms with E-state index in [9.17, 15) is 4.79 Å². The second-order valence-electron chi connectivity index (χ2n) is 5.69. The minimum absolute atomic E-state index is 0.119. The van der Waals surface area contributed by atoms with E-state index in [1.54, 1.807) is 22.2 Å². The number of hydrogen-bond acceptors (Lipinski definition) is 4. The van der Waals surface area contributed by atoms with Crippen molar-refractivity contribution < 1.29 is 4.79 Å². The van der Waals surface area contributed by atoms with Gasteiger partial charge in [-0.3, -0.25) is 9.48 Å². The smallest absolute Gasteiger partial charge is 0.252 e. The van der Waals surface area contributed by atoms with Gasteiger partial charge in [0.05, 0.1) is 29.4 Å². The molecule has 1 aromatic carbocycles. The largest absolute Gasteiger partial charge is 0.347 e. The Hall–Kier alpha value is -2.99. The van der Waals surface area contributed by atoms with Gasteiger partial charge in [0.15, 0.2) is 5.65 Å². The van der Waals surface area contributed by atoms with E-state index in [-0.39, 0.29) is 5.91 Å². The molecule has 6 heteroatoms. The van der Waals surface area contributed by atoms with E-state index in [0.717, 1.165) is 21.5 Å². The van der Waals surface area contributed by atoms with Crippen molar-refractivity contribution in [1.82, 2.24) is 20.1 Å². The van der Waals surface area contributed by atoms with Crippen LogP contribution in [0, 0.1) is 0 Å². The fraction of sp³-hybridized carbons (Fsp3) is 0.105.